The predicted molar refractivity (Wildman–Crippen MR) is 86.4 cm³/mol. The van der Waals surface area contributed by atoms with Crippen LogP contribution < -0.4 is 5.32 Å². The molecule has 1 aromatic heterocycles. The van der Waals surface area contributed by atoms with Crippen LogP contribution in [0.4, 0.5) is 0 Å². The van der Waals surface area contributed by atoms with Crippen LogP contribution in [0, 0.1) is 0 Å². The number of thioether (sulfide) groups is 1. The summed E-state index contributed by atoms with van der Waals surface area (Å²) in [7, 11) is 1.98. The first-order valence-corrected chi connectivity index (χ1v) is 8.08. The monoisotopic (exact) mass is 303 g/mol. The molecule has 0 saturated carbocycles. The first-order valence-electron chi connectivity index (χ1n) is 7.10. The number of nitrogens with one attached hydrogen (secondary N) is 1. The summed E-state index contributed by atoms with van der Waals surface area (Å²) in [6.45, 7) is 4.07. The van der Waals surface area contributed by atoms with Crippen LogP contribution in [0.2, 0.25) is 0 Å². The second-order valence-electron chi connectivity index (χ2n) is 5.09. The Morgan fingerprint density at radius 1 is 1.38 bits per heavy atom. The number of rotatable bonds is 6. The highest BCUT2D eigenvalue weighted by atomic mass is 32.2. The van der Waals surface area contributed by atoms with Gasteiger partial charge in [-0.25, -0.2) is 4.98 Å². The van der Waals surface area contributed by atoms with Gasteiger partial charge in [0.15, 0.2) is 5.16 Å². The molecule has 1 amide bonds. The minimum absolute atomic E-state index is 0.00680. The summed E-state index contributed by atoms with van der Waals surface area (Å²) in [4.78, 5) is 16.3. The van der Waals surface area contributed by atoms with Crippen molar-refractivity contribution in [1.82, 2.24) is 14.9 Å². The van der Waals surface area contributed by atoms with Crippen molar-refractivity contribution in [2.75, 3.05) is 0 Å². The number of aromatic nitrogens is 2. The van der Waals surface area contributed by atoms with Crippen molar-refractivity contribution < 1.29 is 4.79 Å². The number of carbonyl (C=O) groups is 1. The summed E-state index contributed by atoms with van der Waals surface area (Å²) >= 11 is 1.69. The summed E-state index contributed by atoms with van der Waals surface area (Å²) in [5.74, 6) is 0.839. The van der Waals surface area contributed by atoms with E-state index in [4.69, 9.17) is 0 Å². The maximum absolute atomic E-state index is 12.0. The van der Waals surface area contributed by atoms with Crippen LogP contribution in [0.1, 0.15) is 36.2 Å². The molecule has 2 aromatic rings. The Balaban J connectivity index is 1.92. The van der Waals surface area contributed by atoms with Crippen molar-refractivity contribution in [3.8, 4) is 0 Å². The van der Waals surface area contributed by atoms with E-state index >= 15 is 0 Å². The molecule has 1 heterocycles. The topological polar surface area (TPSA) is 46.9 Å². The number of imidazole rings is 1. The van der Waals surface area contributed by atoms with E-state index in [9.17, 15) is 4.79 Å². The number of carbonyl (C=O) groups excluding carboxylic acids is 1. The smallest absolute Gasteiger partial charge is 0.251 e. The van der Waals surface area contributed by atoms with Crippen LogP contribution >= 0.6 is 11.8 Å². The molecule has 4 nitrogen and oxygen atoms in total. The van der Waals surface area contributed by atoms with E-state index in [1.54, 1.807) is 18.0 Å². The van der Waals surface area contributed by atoms with Gasteiger partial charge in [0.05, 0.1) is 0 Å². The van der Waals surface area contributed by atoms with E-state index < -0.39 is 0 Å². The van der Waals surface area contributed by atoms with Crippen molar-refractivity contribution in [3.63, 3.8) is 0 Å². The highest BCUT2D eigenvalue weighted by Gasteiger charge is 2.08. The van der Waals surface area contributed by atoms with Crippen LogP contribution in [0.3, 0.4) is 0 Å². The first kappa shape index (κ1) is 15.6. The van der Waals surface area contributed by atoms with Gasteiger partial charge in [-0.3, -0.25) is 4.79 Å². The van der Waals surface area contributed by atoms with Crippen molar-refractivity contribution in [2.45, 2.75) is 37.2 Å². The van der Waals surface area contributed by atoms with Gasteiger partial charge in [0, 0.05) is 36.8 Å². The van der Waals surface area contributed by atoms with Crippen LogP contribution in [-0.2, 0) is 12.8 Å². The molecule has 1 unspecified atom stereocenters. The van der Waals surface area contributed by atoms with Crippen molar-refractivity contribution in [1.29, 1.82) is 0 Å². The Bertz CT molecular complexity index is 592. The minimum Gasteiger partial charge on any atom is -0.350 e. The van der Waals surface area contributed by atoms with Gasteiger partial charge in [0.2, 0.25) is 0 Å². The molecule has 0 spiro atoms. The highest BCUT2D eigenvalue weighted by molar-refractivity contribution is 7.98. The van der Waals surface area contributed by atoms with Gasteiger partial charge < -0.3 is 9.88 Å². The van der Waals surface area contributed by atoms with Gasteiger partial charge in [-0.05, 0) is 31.0 Å². The fourth-order valence-electron chi connectivity index (χ4n) is 1.80. The van der Waals surface area contributed by atoms with Crippen LogP contribution in [-0.4, -0.2) is 21.5 Å². The number of amides is 1. The number of nitrogens with zero attached hydrogens (tertiary/aromatic N) is 2. The number of aryl methyl sites for hydroxylation is 1. The molecule has 0 aliphatic carbocycles. The molecule has 112 valence electrons. The third-order valence-corrected chi connectivity index (χ3v) is 4.48. The lowest BCUT2D eigenvalue weighted by molar-refractivity contribution is 0.0939. The highest BCUT2D eigenvalue weighted by Crippen LogP contribution is 2.20. The first-order chi connectivity index (χ1) is 10.1. The summed E-state index contributed by atoms with van der Waals surface area (Å²) in [5.41, 5.74) is 1.89. The van der Waals surface area contributed by atoms with Gasteiger partial charge in [-0.2, -0.15) is 0 Å². The molecule has 1 aromatic carbocycles. The predicted octanol–water partition coefficient (Wildman–Crippen LogP) is 3.24. The van der Waals surface area contributed by atoms with Gasteiger partial charge in [0.25, 0.3) is 5.91 Å². The summed E-state index contributed by atoms with van der Waals surface area (Å²) in [6, 6.07) is 7.97. The van der Waals surface area contributed by atoms with Crippen molar-refractivity contribution in [3.05, 3.63) is 47.8 Å². The third kappa shape index (κ3) is 4.36. The lowest BCUT2D eigenvalue weighted by Gasteiger charge is -2.11. The average molecular weight is 303 g/mol. The Hall–Kier alpha value is -1.75. The second kappa shape index (κ2) is 7.31. The molecule has 0 radical (unpaired) electrons. The summed E-state index contributed by atoms with van der Waals surface area (Å²) in [6.07, 6.45) is 4.67. The Kier molecular flexibility index (Phi) is 5.44. The van der Waals surface area contributed by atoms with Gasteiger partial charge >= 0.3 is 0 Å². The Morgan fingerprint density at radius 3 is 2.67 bits per heavy atom. The third-order valence-electron chi connectivity index (χ3n) is 3.35. The summed E-state index contributed by atoms with van der Waals surface area (Å²) in [5, 5.41) is 3.96. The fourth-order valence-corrected chi connectivity index (χ4v) is 2.69. The molecule has 0 fully saturated rings. The van der Waals surface area contributed by atoms with E-state index in [-0.39, 0.29) is 11.9 Å². The fraction of sp³-hybridized carbons (Fsp3) is 0.375. The van der Waals surface area contributed by atoms with Gasteiger partial charge in [-0.15, -0.1) is 0 Å². The van der Waals surface area contributed by atoms with Crippen molar-refractivity contribution in [2.24, 2.45) is 7.05 Å². The maximum Gasteiger partial charge on any atom is 0.251 e. The molecule has 1 N–H and O–H groups in total. The lowest BCUT2D eigenvalue weighted by atomic mass is 10.1. The van der Waals surface area contributed by atoms with E-state index in [1.807, 2.05) is 49.0 Å². The standard InChI is InChI=1S/C16H21N3OS/c1-4-12(2)18-15(20)14-7-5-13(6-8-14)11-21-16-17-9-10-19(16)3/h5-10,12H,4,11H2,1-3H3,(H,18,20). The molecule has 0 aliphatic rings. The zero-order valence-electron chi connectivity index (χ0n) is 12.7. The number of hydrogen-bond acceptors (Lipinski definition) is 3. The Morgan fingerprint density at radius 2 is 2.10 bits per heavy atom. The molecule has 2 rings (SSSR count). The van der Waals surface area contributed by atoms with Gasteiger partial charge in [-0.1, -0.05) is 30.8 Å². The lowest BCUT2D eigenvalue weighted by Crippen LogP contribution is -2.31. The molecule has 0 saturated heterocycles. The zero-order chi connectivity index (χ0) is 15.2. The van der Waals surface area contributed by atoms with E-state index in [2.05, 4.69) is 17.2 Å². The largest absolute Gasteiger partial charge is 0.350 e. The molecular formula is C16H21N3OS. The normalized spacial score (nSPS) is 12.1. The molecule has 0 bridgehead atoms. The molecular weight excluding hydrogens is 282 g/mol. The van der Waals surface area contributed by atoms with E-state index in [1.165, 1.54) is 5.56 Å². The van der Waals surface area contributed by atoms with E-state index in [0.29, 0.717) is 5.56 Å². The minimum atomic E-state index is -0.00680. The molecule has 1 atom stereocenters. The maximum atomic E-state index is 12.0. The zero-order valence-corrected chi connectivity index (χ0v) is 13.5. The van der Waals surface area contributed by atoms with Gasteiger partial charge in [0.1, 0.15) is 0 Å². The molecule has 0 aliphatic heterocycles. The number of hydrogen-bond donors (Lipinski definition) is 1. The average Bonchev–Trinajstić information content (AvgIpc) is 2.90. The van der Waals surface area contributed by atoms with Crippen LogP contribution in [0.15, 0.2) is 41.8 Å². The number of benzene rings is 1. The second-order valence-corrected chi connectivity index (χ2v) is 6.03. The Labute approximate surface area is 130 Å². The summed E-state index contributed by atoms with van der Waals surface area (Å²) < 4.78 is 2.00. The SMILES string of the molecule is CCC(C)NC(=O)c1ccc(CSc2nccn2C)cc1. The van der Waals surface area contributed by atoms with E-state index in [0.717, 1.165) is 17.3 Å². The quantitative estimate of drug-likeness (QED) is 0.833. The van der Waals surface area contributed by atoms with Crippen LogP contribution in [0.5, 0.6) is 0 Å². The molecule has 21 heavy (non-hydrogen) atoms. The van der Waals surface area contributed by atoms with Crippen molar-refractivity contribution >= 4 is 17.7 Å². The molecule has 5 heteroatoms. The van der Waals surface area contributed by atoms with Crippen LogP contribution in [0.25, 0.3) is 0 Å².